The molecule has 4 rings (SSSR count). The Morgan fingerprint density at radius 2 is 1.87 bits per heavy atom. The fourth-order valence-corrected chi connectivity index (χ4v) is 3.07. The first-order valence-corrected chi connectivity index (χ1v) is 9.94. The normalized spacial score (nSPS) is 13.7. The summed E-state index contributed by atoms with van der Waals surface area (Å²) < 4.78 is 38.7. The van der Waals surface area contributed by atoms with Crippen LogP contribution in [0.1, 0.15) is 39.9 Å². The lowest BCUT2D eigenvalue weighted by Crippen LogP contribution is -2.25. The molecule has 0 bridgehead atoms. The monoisotopic (exact) mass is 426 g/mol. The molecule has 1 aliphatic carbocycles. The molecule has 0 unspecified atom stereocenters. The smallest absolute Gasteiger partial charge is 0.366 e. The van der Waals surface area contributed by atoms with Crippen molar-refractivity contribution in [2.75, 3.05) is 5.32 Å². The van der Waals surface area contributed by atoms with Gasteiger partial charge in [-0.2, -0.15) is 13.2 Å². The fourth-order valence-electron chi connectivity index (χ4n) is 3.07. The molecule has 1 heterocycles. The number of nitrogens with one attached hydrogen (secondary N) is 2. The lowest BCUT2D eigenvalue weighted by Gasteiger charge is -2.12. The first-order valence-electron chi connectivity index (χ1n) is 9.94. The number of rotatable bonds is 6. The standard InChI is InChI=1S/C23H21F3N4O/c1-14-12-27-21(16-5-7-17(8-6-16)22(31)29-19-9-10-19)30-20(14)28-13-15-3-2-4-18(11-15)23(24,25)26/h2-8,11-12,19H,9-10,13H2,1H3,(H,29,31)(H,27,28,30). The maximum Gasteiger partial charge on any atom is 0.416 e. The van der Waals surface area contributed by atoms with Crippen molar-refractivity contribution in [3.05, 3.63) is 77.0 Å². The van der Waals surface area contributed by atoms with Crippen LogP contribution in [0.2, 0.25) is 0 Å². The molecule has 0 aliphatic heterocycles. The summed E-state index contributed by atoms with van der Waals surface area (Å²) in [6.07, 6.45) is -0.672. The number of hydrogen-bond acceptors (Lipinski definition) is 4. The van der Waals surface area contributed by atoms with E-state index in [9.17, 15) is 18.0 Å². The Hall–Kier alpha value is -3.42. The topological polar surface area (TPSA) is 66.9 Å². The number of benzene rings is 2. The maximum absolute atomic E-state index is 12.9. The van der Waals surface area contributed by atoms with Crippen molar-refractivity contribution in [1.29, 1.82) is 0 Å². The average Bonchev–Trinajstić information content (AvgIpc) is 3.57. The summed E-state index contributed by atoms with van der Waals surface area (Å²) >= 11 is 0. The molecular weight excluding hydrogens is 405 g/mol. The minimum Gasteiger partial charge on any atom is -0.366 e. The van der Waals surface area contributed by atoms with E-state index in [4.69, 9.17) is 0 Å². The van der Waals surface area contributed by atoms with Crippen LogP contribution in [0.15, 0.2) is 54.7 Å². The van der Waals surface area contributed by atoms with E-state index < -0.39 is 11.7 Å². The molecule has 3 aromatic rings. The van der Waals surface area contributed by atoms with E-state index in [0.29, 0.717) is 22.8 Å². The summed E-state index contributed by atoms with van der Waals surface area (Å²) in [5.41, 5.74) is 1.91. The summed E-state index contributed by atoms with van der Waals surface area (Å²) in [5.74, 6) is 0.909. The third-order valence-corrected chi connectivity index (χ3v) is 5.00. The van der Waals surface area contributed by atoms with Gasteiger partial charge in [-0.05, 0) is 49.6 Å². The fraction of sp³-hybridized carbons (Fsp3) is 0.261. The number of carbonyl (C=O) groups is 1. The maximum atomic E-state index is 12.9. The average molecular weight is 426 g/mol. The van der Waals surface area contributed by atoms with Crippen LogP contribution in [0, 0.1) is 6.92 Å². The molecule has 8 heteroatoms. The lowest BCUT2D eigenvalue weighted by molar-refractivity contribution is -0.137. The van der Waals surface area contributed by atoms with Crippen molar-refractivity contribution >= 4 is 11.7 Å². The number of amides is 1. The highest BCUT2D eigenvalue weighted by Gasteiger charge is 2.30. The number of halogens is 3. The van der Waals surface area contributed by atoms with Crippen LogP contribution >= 0.6 is 0 Å². The van der Waals surface area contributed by atoms with Gasteiger partial charge in [0.05, 0.1) is 5.56 Å². The van der Waals surface area contributed by atoms with Crippen molar-refractivity contribution < 1.29 is 18.0 Å². The number of aromatic nitrogens is 2. The van der Waals surface area contributed by atoms with Crippen LogP contribution in [0.25, 0.3) is 11.4 Å². The molecule has 1 fully saturated rings. The minimum absolute atomic E-state index is 0.0951. The van der Waals surface area contributed by atoms with Crippen LogP contribution in [-0.4, -0.2) is 21.9 Å². The van der Waals surface area contributed by atoms with Gasteiger partial charge < -0.3 is 10.6 Å². The summed E-state index contributed by atoms with van der Waals surface area (Å²) in [7, 11) is 0. The molecule has 1 aliphatic rings. The van der Waals surface area contributed by atoms with Crippen molar-refractivity contribution in [2.45, 2.75) is 38.5 Å². The lowest BCUT2D eigenvalue weighted by atomic mass is 10.1. The van der Waals surface area contributed by atoms with E-state index in [-0.39, 0.29) is 18.5 Å². The minimum atomic E-state index is -4.38. The van der Waals surface area contributed by atoms with E-state index in [1.807, 2.05) is 6.92 Å². The number of anilines is 1. The molecule has 2 aromatic carbocycles. The summed E-state index contributed by atoms with van der Waals surface area (Å²) in [4.78, 5) is 21.0. The Bertz CT molecular complexity index is 1090. The second-order valence-electron chi connectivity index (χ2n) is 7.60. The second kappa shape index (κ2) is 8.37. The highest BCUT2D eigenvalue weighted by atomic mass is 19.4. The van der Waals surface area contributed by atoms with E-state index in [2.05, 4.69) is 20.6 Å². The molecule has 1 saturated carbocycles. The first kappa shape index (κ1) is 20.8. The quantitative estimate of drug-likeness (QED) is 0.584. The van der Waals surface area contributed by atoms with Gasteiger partial charge in [0.15, 0.2) is 5.82 Å². The molecular formula is C23H21F3N4O. The van der Waals surface area contributed by atoms with Gasteiger partial charge in [0.25, 0.3) is 5.91 Å². The molecule has 0 saturated heterocycles. The van der Waals surface area contributed by atoms with Crippen molar-refractivity contribution in [1.82, 2.24) is 15.3 Å². The van der Waals surface area contributed by atoms with E-state index in [0.717, 1.165) is 36.1 Å². The molecule has 31 heavy (non-hydrogen) atoms. The molecule has 1 amide bonds. The Morgan fingerprint density at radius 1 is 1.13 bits per heavy atom. The second-order valence-corrected chi connectivity index (χ2v) is 7.60. The Balaban J connectivity index is 1.47. The van der Waals surface area contributed by atoms with Gasteiger partial charge in [-0.25, -0.2) is 9.97 Å². The molecule has 2 N–H and O–H groups in total. The third kappa shape index (κ3) is 5.20. The zero-order valence-electron chi connectivity index (χ0n) is 16.8. The first-order chi connectivity index (χ1) is 14.8. The van der Waals surface area contributed by atoms with Crippen molar-refractivity contribution in [3.8, 4) is 11.4 Å². The predicted octanol–water partition coefficient (Wildman–Crippen LogP) is 4.98. The Labute approximate surface area is 177 Å². The highest BCUT2D eigenvalue weighted by molar-refractivity contribution is 5.95. The van der Waals surface area contributed by atoms with Gasteiger partial charge in [0.2, 0.25) is 0 Å². The SMILES string of the molecule is Cc1cnc(-c2ccc(C(=O)NC3CC3)cc2)nc1NCc1cccc(C(F)(F)F)c1. The van der Waals surface area contributed by atoms with Crippen molar-refractivity contribution in [2.24, 2.45) is 0 Å². The molecule has 0 spiro atoms. The van der Waals surface area contributed by atoms with Crippen LogP contribution in [0.4, 0.5) is 19.0 Å². The van der Waals surface area contributed by atoms with E-state index in [1.165, 1.54) is 6.07 Å². The Kier molecular flexibility index (Phi) is 5.63. The largest absolute Gasteiger partial charge is 0.416 e. The van der Waals surface area contributed by atoms with Gasteiger partial charge in [-0.1, -0.05) is 24.3 Å². The number of hydrogen-bond donors (Lipinski definition) is 2. The van der Waals surface area contributed by atoms with Crippen LogP contribution in [0.5, 0.6) is 0 Å². The number of aryl methyl sites for hydroxylation is 1. The molecule has 0 radical (unpaired) electrons. The molecule has 160 valence electrons. The number of nitrogens with zero attached hydrogens (tertiary/aromatic N) is 2. The van der Waals surface area contributed by atoms with Crippen LogP contribution < -0.4 is 10.6 Å². The highest BCUT2D eigenvalue weighted by Crippen LogP contribution is 2.30. The van der Waals surface area contributed by atoms with Gasteiger partial charge >= 0.3 is 6.18 Å². The number of alkyl halides is 3. The summed E-state index contributed by atoms with van der Waals surface area (Å²) in [6, 6.07) is 12.5. The van der Waals surface area contributed by atoms with Crippen LogP contribution in [0.3, 0.4) is 0 Å². The van der Waals surface area contributed by atoms with Gasteiger partial charge in [0, 0.05) is 35.5 Å². The van der Waals surface area contributed by atoms with Gasteiger partial charge in [-0.3, -0.25) is 4.79 Å². The van der Waals surface area contributed by atoms with Crippen molar-refractivity contribution in [3.63, 3.8) is 0 Å². The Morgan fingerprint density at radius 3 is 2.55 bits per heavy atom. The molecule has 0 atom stereocenters. The number of carbonyl (C=O) groups excluding carboxylic acids is 1. The van der Waals surface area contributed by atoms with Crippen LogP contribution in [-0.2, 0) is 12.7 Å². The predicted molar refractivity (Wildman–Crippen MR) is 111 cm³/mol. The summed E-state index contributed by atoms with van der Waals surface area (Å²) in [6.45, 7) is 2.02. The van der Waals surface area contributed by atoms with Gasteiger partial charge in [-0.15, -0.1) is 0 Å². The summed E-state index contributed by atoms with van der Waals surface area (Å²) in [5, 5.41) is 6.03. The zero-order chi connectivity index (χ0) is 22.0. The van der Waals surface area contributed by atoms with E-state index >= 15 is 0 Å². The molecule has 5 nitrogen and oxygen atoms in total. The molecule has 1 aromatic heterocycles. The third-order valence-electron chi connectivity index (χ3n) is 5.00. The van der Waals surface area contributed by atoms with Gasteiger partial charge in [0.1, 0.15) is 5.82 Å². The van der Waals surface area contributed by atoms with E-state index in [1.54, 1.807) is 36.5 Å². The zero-order valence-corrected chi connectivity index (χ0v) is 16.8.